The van der Waals surface area contributed by atoms with Gasteiger partial charge < -0.3 is 10.4 Å². The number of hydrogen-bond acceptors (Lipinski definition) is 3. The predicted molar refractivity (Wildman–Crippen MR) is 59.8 cm³/mol. The average molecular weight is 200 g/mol. The fraction of sp³-hybridized carbons (Fsp3) is 0.778. The third-order valence-corrected chi connectivity index (χ3v) is 1.48. The number of nitrogens with one attached hydrogen (secondary N) is 2. The van der Waals surface area contributed by atoms with Gasteiger partial charge in [-0.3, -0.25) is 10.3 Å². The molecule has 0 spiro atoms. The van der Waals surface area contributed by atoms with Gasteiger partial charge in [-0.05, 0) is 20.8 Å². The first kappa shape index (κ1) is 13.1. The standard InChI is InChI=1S/C9H20N4O/c1-4-10-6-11-7-13-8(2)5-12-9(3)14/h6-9,12,14H,4-5H2,1-3H3,(H,10,11,13). The van der Waals surface area contributed by atoms with Crippen LogP contribution in [-0.4, -0.2) is 43.1 Å². The monoisotopic (exact) mass is 200 g/mol. The lowest BCUT2D eigenvalue weighted by atomic mass is 10.3. The van der Waals surface area contributed by atoms with E-state index in [1.54, 1.807) is 13.3 Å². The Kier molecular flexibility index (Phi) is 8.07. The molecule has 0 fully saturated rings. The maximum Gasteiger partial charge on any atom is 0.111 e. The summed E-state index contributed by atoms with van der Waals surface area (Å²) in [6.45, 7) is 7.08. The molecule has 0 rings (SSSR count). The molecule has 2 unspecified atom stereocenters. The Morgan fingerprint density at radius 2 is 2.14 bits per heavy atom. The first-order valence-corrected chi connectivity index (χ1v) is 4.84. The van der Waals surface area contributed by atoms with E-state index in [1.165, 1.54) is 6.34 Å². The molecule has 0 aliphatic rings. The van der Waals surface area contributed by atoms with Gasteiger partial charge in [0.15, 0.2) is 0 Å². The molecule has 0 saturated carbocycles. The Hall–Kier alpha value is -0.940. The number of rotatable bonds is 7. The molecule has 2 atom stereocenters. The summed E-state index contributed by atoms with van der Waals surface area (Å²) in [5.74, 6) is 0. The topological polar surface area (TPSA) is 69.0 Å². The first-order chi connectivity index (χ1) is 6.66. The van der Waals surface area contributed by atoms with E-state index >= 15 is 0 Å². The summed E-state index contributed by atoms with van der Waals surface area (Å²) in [7, 11) is 0. The molecule has 0 aliphatic carbocycles. The highest BCUT2D eigenvalue weighted by Crippen LogP contribution is 1.78. The highest BCUT2D eigenvalue weighted by atomic mass is 16.3. The summed E-state index contributed by atoms with van der Waals surface area (Å²) in [6, 6.07) is 0.225. The van der Waals surface area contributed by atoms with Gasteiger partial charge in [0.25, 0.3) is 0 Å². The maximum atomic E-state index is 8.95. The minimum atomic E-state index is -0.474. The SMILES string of the molecule is CC/N=C\N=C\NC(C)CNC(C)O. The van der Waals surface area contributed by atoms with Gasteiger partial charge in [-0.25, -0.2) is 4.99 Å². The average Bonchev–Trinajstić information content (AvgIpc) is 2.14. The highest BCUT2D eigenvalue weighted by molar-refractivity contribution is 5.70. The van der Waals surface area contributed by atoms with Crippen molar-refractivity contribution in [2.45, 2.75) is 33.0 Å². The molecular weight excluding hydrogens is 180 g/mol. The van der Waals surface area contributed by atoms with E-state index in [0.717, 1.165) is 6.54 Å². The summed E-state index contributed by atoms with van der Waals surface area (Å²) < 4.78 is 0. The summed E-state index contributed by atoms with van der Waals surface area (Å²) in [4.78, 5) is 7.83. The number of aliphatic hydroxyl groups excluding tert-OH is 1. The van der Waals surface area contributed by atoms with E-state index in [4.69, 9.17) is 5.11 Å². The third kappa shape index (κ3) is 9.15. The lowest BCUT2D eigenvalue weighted by molar-refractivity contribution is 0.154. The second kappa shape index (κ2) is 8.65. The zero-order valence-corrected chi connectivity index (χ0v) is 9.07. The smallest absolute Gasteiger partial charge is 0.111 e. The van der Waals surface area contributed by atoms with Crippen molar-refractivity contribution in [3.05, 3.63) is 0 Å². The van der Waals surface area contributed by atoms with Crippen LogP contribution in [0.4, 0.5) is 0 Å². The van der Waals surface area contributed by atoms with Gasteiger partial charge in [-0.1, -0.05) is 0 Å². The molecule has 82 valence electrons. The van der Waals surface area contributed by atoms with Crippen molar-refractivity contribution in [2.75, 3.05) is 13.1 Å². The van der Waals surface area contributed by atoms with Crippen LogP contribution in [0.2, 0.25) is 0 Å². The van der Waals surface area contributed by atoms with Crippen molar-refractivity contribution in [2.24, 2.45) is 9.98 Å². The van der Waals surface area contributed by atoms with Crippen molar-refractivity contribution >= 4 is 12.7 Å². The van der Waals surface area contributed by atoms with Crippen LogP contribution in [0.3, 0.4) is 0 Å². The molecule has 0 radical (unpaired) electrons. The summed E-state index contributed by atoms with van der Waals surface area (Å²) in [5.41, 5.74) is 0. The largest absolute Gasteiger partial charge is 0.379 e. The molecular formula is C9H20N4O. The van der Waals surface area contributed by atoms with Crippen LogP contribution in [0, 0.1) is 0 Å². The summed E-state index contributed by atoms with van der Waals surface area (Å²) in [6.07, 6.45) is 2.65. The third-order valence-electron chi connectivity index (χ3n) is 1.48. The predicted octanol–water partition coefficient (Wildman–Crippen LogP) is -0.0311. The molecule has 3 N–H and O–H groups in total. The minimum absolute atomic E-state index is 0.225. The molecule has 5 heteroatoms. The van der Waals surface area contributed by atoms with Crippen molar-refractivity contribution in [1.29, 1.82) is 0 Å². The second-order valence-corrected chi connectivity index (χ2v) is 3.04. The first-order valence-electron chi connectivity index (χ1n) is 4.84. The molecule has 0 aromatic rings. The molecule has 5 nitrogen and oxygen atoms in total. The van der Waals surface area contributed by atoms with Crippen molar-refractivity contribution in [3.63, 3.8) is 0 Å². The quantitative estimate of drug-likeness (QED) is 0.307. The van der Waals surface area contributed by atoms with Crippen LogP contribution in [0.5, 0.6) is 0 Å². The van der Waals surface area contributed by atoms with E-state index in [2.05, 4.69) is 20.6 Å². The van der Waals surface area contributed by atoms with Crippen LogP contribution >= 0.6 is 0 Å². The number of nitrogens with zero attached hydrogens (tertiary/aromatic N) is 2. The number of hydrogen-bond donors (Lipinski definition) is 3. The van der Waals surface area contributed by atoms with Gasteiger partial charge in [0.2, 0.25) is 0 Å². The minimum Gasteiger partial charge on any atom is -0.379 e. The van der Waals surface area contributed by atoms with Gasteiger partial charge in [0.05, 0.1) is 6.34 Å². The number of aliphatic hydroxyl groups is 1. The van der Waals surface area contributed by atoms with Gasteiger partial charge in [-0.15, -0.1) is 0 Å². The van der Waals surface area contributed by atoms with Gasteiger partial charge in [0, 0.05) is 19.1 Å². The van der Waals surface area contributed by atoms with E-state index in [9.17, 15) is 0 Å². The van der Waals surface area contributed by atoms with Gasteiger partial charge >= 0.3 is 0 Å². The molecule has 0 saturated heterocycles. The normalized spacial score (nSPS) is 16.3. The molecule has 0 heterocycles. The Bertz CT molecular complexity index is 180. The molecule has 0 aliphatic heterocycles. The lowest BCUT2D eigenvalue weighted by Crippen LogP contribution is -2.39. The van der Waals surface area contributed by atoms with E-state index < -0.39 is 6.23 Å². The second-order valence-electron chi connectivity index (χ2n) is 3.04. The highest BCUT2D eigenvalue weighted by Gasteiger charge is 1.99. The fourth-order valence-electron chi connectivity index (χ4n) is 0.739. The Morgan fingerprint density at radius 1 is 1.43 bits per heavy atom. The zero-order chi connectivity index (χ0) is 10.8. The maximum absolute atomic E-state index is 8.95. The molecule has 0 aromatic heterocycles. The lowest BCUT2D eigenvalue weighted by Gasteiger charge is -2.13. The van der Waals surface area contributed by atoms with Crippen molar-refractivity contribution in [3.8, 4) is 0 Å². The van der Waals surface area contributed by atoms with E-state index in [1.807, 2.05) is 13.8 Å². The summed E-state index contributed by atoms with van der Waals surface area (Å²) in [5, 5.41) is 14.9. The van der Waals surface area contributed by atoms with Gasteiger partial charge in [0.1, 0.15) is 12.6 Å². The molecule has 0 aromatic carbocycles. The number of aliphatic imine (C=N–C) groups is 2. The van der Waals surface area contributed by atoms with Crippen LogP contribution in [0.25, 0.3) is 0 Å². The van der Waals surface area contributed by atoms with Crippen molar-refractivity contribution in [1.82, 2.24) is 10.6 Å². The molecule has 14 heavy (non-hydrogen) atoms. The Labute approximate surface area is 85.3 Å². The molecule has 0 bridgehead atoms. The van der Waals surface area contributed by atoms with Crippen LogP contribution in [0.1, 0.15) is 20.8 Å². The summed E-state index contributed by atoms with van der Waals surface area (Å²) >= 11 is 0. The van der Waals surface area contributed by atoms with Crippen LogP contribution in [0.15, 0.2) is 9.98 Å². The van der Waals surface area contributed by atoms with Crippen LogP contribution in [-0.2, 0) is 0 Å². The molecule has 0 amide bonds. The Morgan fingerprint density at radius 3 is 2.71 bits per heavy atom. The Balaban J connectivity index is 3.47. The van der Waals surface area contributed by atoms with E-state index in [0.29, 0.717) is 6.54 Å². The van der Waals surface area contributed by atoms with E-state index in [-0.39, 0.29) is 6.04 Å². The zero-order valence-electron chi connectivity index (χ0n) is 9.07. The fourth-order valence-corrected chi connectivity index (χ4v) is 0.739. The van der Waals surface area contributed by atoms with Crippen molar-refractivity contribution < 1.29 is 5.11 Å². The van der Waals surface area contributed by atoms with Crippen LogP contribution < -0.4 is 10.6 Å². The van der Waals surface area contributed by atoms with Gasteiger partial charge in [-0.2, -0.15) is 0 Å².